The molecule has 1 saturated heterocycles. The van der Waals surface area contributed by atoms with E-state index in [0.717, 1.165) is 4.57 Å². The van der Waals surface area contributed by atoms with Crippen molar-refractivity contribution >= 4 is 5.82 Å². The van der Waals surface area contributed by atoms with Gasteiger partial charge in [0.2, 0.25) is 0 Å². The number of ether oxygens (including phenoxy) is 1. The van der Waals surface area contributed by atoms with Gasteiger partial charge in [-0.05, 0) is 0 Å². The number of aliphatic hydroxyl groups excluding tert-OH is 3. The average molecular weight is 281 g/mol. The van der Waals surface area contributed by atoms with Crippen LogP contribution < -0.4 is 11.4 Å². The maximum Gasteiger partial charge on any atom is 0.351 e. The Hall–Kier alpha value is -1.92. The molecular weight excluding hydrogens is 266 g/mol. The second-order valence-corrected chi connectivity index (χ2v) is 4.45. The molecule has 8 nitrogen and oxygen atoms in total. The Labute approximate surface area is 114 Å². The topological polar surface area (TPSA) is 131 Å². The molecule has 0 spiro atoms. The van der Waals surface area contributed by atoms with Crippen molar-refractivity contribution < 1.29 is 20.1 Å². The summed E-state index contributed by atoms with van der Waals surface area (Å²) in [6, 6.07) is 0. The number of rotatable bonds is 3. The van der Waals surface area contributed by atoms with Gasteiger partial charge in [-0.1, -0.05) is 0 Å². The van der Waals surface area contributed by atoms with Crippen LogP contribution in [0.2, 0.25) is 0 Å². The lowest BCUT2D eigenvalue weighted by Crippen LogP contribution is -2.36. The number of aromatic nitrogens is 2. The van der Waals surface area contributed by atoms with E-state index in [1.54, 1.807) is 0 Å². The first kappa shape index (κ1) is 14.5. The summed E-state index contributed by atoms with van der Waals surface area (Å²) in [7, 11) is 0. The molecule has 4 atom stereocenters. The largest absolute Gasteiger partial charge is 0.394 e. The molecule has 0 unspecified atom stereocenters. The van der Waals surface area contributed by atoms with Crippen LogP contribution in [0.1, 0.15) is 11.8 Å². The predicted molar refractivity (Wildman–Crippen MR) is 68.5 cm³/mol. The third-order valence-electron chi connectivity index (χ3n) is 3.14. The van der Waals surface area contributed by atoms with E-state index >= 15 is 0 Å². The van der Waals surface area contributed by atoms with Crippen molar-refractivity contribution in [1.29, 1.82) is 0 Å². The van der Waals surface area contributed by atoms with Crippen LogP contribution in [0.25, 0.3) is 0 Å². The van der Waals surface area contributed by atoms with Gasteiger partial charge in [0.25, 0.3) is 0 Å². The van der Waals surface area contributed by atoms with Gasteiger partial charge >= 0.3 is 5.69 Å². The molecule has 1 aromatic heterocycles. The van der Waals surface area contributed by atoms with Gasteiger partial charge in [0.1, 0.15) is 24.1 Å². The first-order chi connectivity index (χ1) is 9.49. The molecule has 20 heavy (non-hydrogen) atoms. The lowest BCUT2D eigenvalue weighted by Gasteiger charge is -2.18. The lowest BCUT2D eigenvalue weighted by atomic mass is 10.1. The highest BCUT2D eigenvalue weighted by molar-refractivity contribution is 5.39. The highest BCUT2D eigenvalue weighted by Crippen LogP contribution is 2.28. The van der Waals surface area contributed by atoms with Gasteiger partial charge in [-0.25, -0.2) is 4.79 Å². The zero-order chi connectivity index (χ0) is 14.9. The number of aliphatic hydroxyl groups is 3. The maximum atomic E-state index is 11.8. The summed E-state index contributed by atoms with van der Waals surface area (Å²) in [5.74, 6) is 2.38. The molecule has 2 heterocycles. The number of anilines is 1. The molecule has 108 valence electrons. The van der Waals surface area contributed by atoms with Gasteiger partial charge in [-0.15, -0.1) is 12.3 Å². The molecule has 1 aliphatic rings. The summed E-state index contributed by atoms with van der Waals surface area (Å²) < 4.78 is 6.26. The molecule has 5 N–H and O–H groups in total. The first-order valence-corrected chi connectivity index (χ1v) is 5.93. The van der Waals surface area contributed by atoms with Crippen LogP contribution in [-0.2, 0) is 11.2 Å². The summed E-state index contributed by atoms with van der Waals surface area (Å²) >= 11 is 0. The zero-order valence-electron chi connectivity index (χ0n) is 10.5. The van der Waals surface area contributed by atoms with E-state index in [0.29, 0.717) is 5.56 Å². The molecule has 0 bridgehead atoms. The van der Waals surface area contributed by atoms with Crippen molar-refractivity contribution in [2.45, 2.75) is 31.0 Å². The number of nitrogens with zero attached hydrogens (tertiary/aromatic N) is 2. The van der Waals surface area contributed by atoms with Crippen LogP contribution in [0.3, 0.4) is 0 Å². The highest BCUT2D eigenvalue weighted by atomic mass is 16.6. The Morgan fingerprint density at radius 2 is 2.20 bits per heavy atom. The molecule has 1 fully saturated rings. The highest BCUT2D eigenvalue weighted by Gasteiger charge is 2.43. The Balaban J connectivity index is 2.41. The molecule has 0 aromatic carbocycles. The van der Waals surface area contributed by atoms with Crippen LogP contribution in [0, 0.1) is 12.3 Å². The van der Waals surface area contributed by atoms with Gasteiger partial charge in [-0.2, -0.15) is 4.98 Å². The standard InChI is InChI=1S/C12H15N3O5/c1-2-3-6-4-15(12(19)14-10(6)13)11-9(18)8(17)7(5-16)20-11/h1,4,7-9,11,16-18H,3,5H2,(H2,13,14,19)/t7-,8-,9-,11-/m1/s1. The first-order valence-electron chi connectivity index (χ1n) is 5.93. The molecule has 1 aromatic rings. The fourth-order valence-corrected chi connectivity index (χ4v) is 2.06. The Bertz CT molecular complexity index is 594. The van der Waals surface area contributed by atoms with Crippen LogP contribution in [0.15, 0.2) is 11.0 Å². The van der Waals surface area contributed by atoms with E-state index in [2.05, 4.69) is 10.9 Å². The third kappa shape index (κ3) is 2.39. The van der Waals surface area contributed by atoms with Crippen LogP contribution in [0.5, 0.6) is 0 Å². The molecule has 0 amide bonds. The van der Waals surface area contributed by atoms with Crippen molar-refractivity contribution in [3.8, 4) is 12.3 Å². The number of hydrogen-bond donors (Lipinski definition) is 4. The van der Waals surface area contributed by atoms with Crippen LogP contribution >= 0.6 is 0 Å². The number of hydrogen-bond acceptors (Lipinski definition) is 7. The van der Waals surface area contributed by atoms with Gasteiger partial charge < -0.3 is 25.8 Å². The summed E-state index contributed by atoms with van der Waals surface area (Å²) in [6.07, 6.45) is 1.89. The van der Waals surface area contributed by atoms with Crippen LogP contribution in [0.4, 0.5) is 5.82 Å². The predicted octanol–water partition coefficient (Wildman–Crippen LogP) is -2.39. The number of nitrogen functional groups attached to an aromatic ring is 1. The molecule has 0 saturated carbocycles. The number of terminal acetylenes is 1. The normalized spacial score (nSPS) is 29.3. The monoisotopic (exact) mass is 281 g/mol. The zero-order valence-corrected chi connectivity index (χ0v) is 10.5. The summed E-state index contributed by atoms with van der Waals surface area (Å²) in [5, 5.41) is 28.6. The van der Waals surface area contributed by atoms with Crippen molar-refractivity contribution in [2.75, 3.05) is 12.3 Å². The molecule has 0 aliphatic carbocycles. The average Bonchev–Trinajstić information content (AvgIpc) is 2.70. The van der Waals surface area contributed by atoms with E-state index in [4.69, 9.17) is 22.0 Å². The Kier molecular flexibility index (Phi) is 4.06. The Morgan fingerprint density at radius 3 is 2.75 bits per heavy atom. The summed E-state index contributed by atoms with van der Waals surface area (Å²) in [4.78, 5) is 15.4. The van der Waals surface area contributed by atoms with E-state index in [9.17, 15) is 15.0 Å². The van der Waals surface area contributed by atoms with Gasteiger partial charge in [-0.3, -0.25) is 4.57 Å². The van der Waals surface area contributed by atoms with Gasteiger partial charge in [0.05, 0.1) is 6.61 Å². The minimum absolute atomic E-state index is 0.0101. The van der Waals surface area contributed by atoms with E-state index in [1.807, 2.05) is 0 Å². The quantitative estimate of drug-likeness (QED) is 0.455. The van der Waals surface area contributed by atoms with Crippen molar-refractivity contribution in [3.05, 3.63) is 22.2 Å². The SMILES string of the molecule is C#CCc1cn([C@@H]2O[C@H](CO)[C@@H](O)[C@H]2O)c(=O)nc1N. The minimum atomic E-state index is -1.37. The van der Waals surface area contributed by atoms with Gasteiger partial charge in [0.15, 0.2) is 6.23 Å². The van der Waals surface area contributed by atoms with Crippen molar-refractivity contribution in [2.24, 2.45) is 0 Å². The molecular formula is C12H15N3O5. The van der Waals surface area contributed by atoms with Crippen molar-refractivity contribution in [3.63, 3.8) is 0 Å². The molecule has 0 radical (unpaired) electrons. The second kappa shape index (κ2) is 5.60. The second-order valence-electron chi connectivity index (χ2n) is 4.45. The molecule has 8 heteroatoms. The Morgan fingerprint density at radius 1 is 1.50 bits per heavy atom. The van der Waals surface area contributed by atoms with E-state index < -0.39 is 36.8 Å². The fraction of sp³-hybridized carbons (Fsp3) is 0.500. The lowest BCUT2D eigenvalue weighted by molar-refractivity contribution is -0.0550. The third-order valence-corrected chi connectivity index (χ3v) is 3.14. The molecule has 1 aliphatic heterocycles. The summed E-state index contributed by atoms with van der Waals surface area (Å²) in [6.45, 7) is -0.483. The number of nitrogens with two attached hydrogens (primary N) is 1. The van der Waals surface area contributed by atoms with Crippen molar-refractivity contribution in [1.82, 2.24) is 9.55 Å². The van der Waals surface area contributed by atoms with E-state index in [1.165, 1.54) is 6.20 Å². The minimum Gasteiger partial charge on any atom is -0.394 e. The summed E-state index contributed by atoms with van der Waals surface area (Å²) in [5.41, 5.74) is 5.27. The van der Waals surface area contributed by atoms with Gasteiger partial charge in [0, 0.05) is 18.2 Å². The van der Waals surface area contributed by atoms with Crippen LogP contribution in [-0.4, -0.2) is 49.8 Å². The van der Waals surface area contributed by atoms with E-state index in [-0.39, 0.29) is 12.2 Å². The maximum absolute atomic E-state index is 11.8. The molecule has 2 rings (SSSR count). The fourth-order valence-electron chi connectivity index (χ4n) is 2.06. The smallest absolute Gasteiger partial charge is 0.351 e.